The Labute approximate surface area is 116 Å². The van der Waals surface area contributed by atoms with Crippen LogP contribution in [0.25, 0.3) is 5.52 Å². The molecular weight excluding hydrogens is 262 g/mol. The summed E-state index contributed by atoms with van der Waals surface area (Å²) in [7, 11) is 0. The Bertz CT molecular complexity index is 582. The first-order chi connectivity index (χ1) is 9.17. The van der Waals surface area contributed by atoms with E-state index in [0.29, 0.717) is 12.1 Å². The van der Waals surface area contributed by atoms with Gasteiger partial charge in [-0.2, -0.15) is 0 Å². The third-order valence-electron chi connectivity index (χ3n) is 2.85. The number of amides is 1. The fourth-order valence-electron chi connectivity index (χ4n) is 1.88. The van der Waals surface area contributed by atoms with E-state index in [9.17, 15) is 4.79 Å². The van der Waals surface area contributed by atoms with Gasteiger partial charge in [0.05, 0.1) is 5.52 Å². The first kappa shape index (κ1) is 13.9. The number of nitrogens with zero attached hydrogens (tertiary/aromatic N) is 2. The van der Waals surface area contributed by atoms with Crippen LogP contribution >= 0.6 is 11.8 Å². The molecule has 0 aliphatic rings. The standard InChI is InChI=1S/C13H17N3O2S/c1-9(6-8-17)14-12(18)11-10-5-3-4-7-16(10)13(15-11)19-2/h3-5,7,9,17H,6,8H2,1-2H3,(H,14,18)/t9-/m1/s1. The highest BCUT2D eigenvalue weighted by Gasteiger charge is 2.18. The van der Waals surface area contributed by atoms with Crippen LogP contribution in [0.4, 0.5) is 0 Å². The van der Waals surface area contributed by atoms with Crippen LogP contribution in [0.5, 0.6) is 0 Å². The Balaban J connectivity index is 2.32. The van der Waals surface area contributed by atoms with Gasteiger partial charge in [-0.05, 0) is 31.7 Å². The molecule has 0 aromatic carbocycles. The Morgan fingerprint density at radius 3 is 3.05 bits per heavy atom. The summed E-state index contributed by atoms with van der Waals surface area (Å²) in [5.41, 5.74) is 1.22. The van der Waals surface area contributed by atoms with Gasteiger partial charge in [-0.15, -0.1) is 0 Å². The maximum absolute atomic E-state index is 12.2. The number of aliphatic hydroxyl groups excluding tert-OH is 1. The van der Waals surface area contributed by atoms with Crippen LogP contribution in [-0.4, -0.2) is 39.3 Å². The highest BCUT2D eigenvalue weighted by atomic mass is 32.2. The average Bonchev–Trinajstić information content (AvgIpc) is 2.77. The van der Waals surface area contributed by atoms with Gasteiger partial charge < -0.3 is 10.4 Å². The van der Waals surface area contributed by atoms with Gasteiger partial charge in [0, 0.05) is 18.8 Å². The summed E-state index contributed by atoms with van der Waals surface area (Å²) < 4.78 is 1.90. The number of aromatic nitrogens is 2. The van der Waals surface area contributed by atoms with Gasteiger partial charge in [0.1, 0.15) is 0 Å². The third kappa shape index (κ3) is 2.90. The van der Waals surface area contributed by atoms with E-state index in [0.717, 1.165) is 10.7 Å². The predicted molar refractivity (Wildman–Crippen MR) is 75.6 cm³/mol. The van der Waals surface area contributed by atoms with Crippen LogP contribution in [0, 0.1) is 0 Å². The van der Waals surface area contributed by atoms with E-state index in [2.05, 4.69) is 10.3 Å². The summed E-state index contributed by atoms with van der Waals surface area (Å²) in [6.45, 7) is 1.92. The first-order valence-electron chi connectivity index (χ1n) is 6.10. The van der Waals surface area contributed by atoms with Crippen molar-refractivity contribution in [3.63, 3.8) is 0 Å². The number of aliphatic hydroxyl groups is 1. The van der Waals surface area contributed by atoms with Gasteiger partial charge in [0.25, 0.3) is 5.91 Å². The maximum atomic E-state index is 12.2. The quantitative estimate of drug-likeness (QED) is 0.815. The summed E-state index contributed by atoms with van der Waals surface area (Å²) in [6, 6.07) is 5.59. The molecule has 0 fully saturated rings. The Kier molecular flexibility index (Phi) is 4.44. The molecule has 6 heteroatoms. The van der Waals surface area contributed by atoms with Gasteiger partial charge in [-0.25, -0.2) is 4.98 Å². The summed E-state index contributed by atoms with van der Waals surface area (Å²) in [4.78, 5) is 16.6. The van der Waals surface area contributed by atoms with Gasteiger partial charge in [0.2, 0.25) is 0 Å². The minimum absolute atomic E-state index is 0.0570. The van der Waals surface area contributed by atoms with Crippen molar-refractivity contribution in [2.45, 2.75) is 24.5 Å². The van der Waals surface area contributed by atoms with E-state index in [1.165, 1.54) is 11.8 Å². The molecule has 102 valence electrons. The minimum Gasteiger partial charge on any atom is -0.396 e. The molecule has 0 saturated heterocycles. The van der Waals surface area contributed by atoms with Crippen molar-refractivity contribution in [2.24, 2.45) is 0 Å². The lowest BCUT2D eigenvalue weighted by atomic mass is 10.2. The van der Waals surface area contributed by atoms with Crippen molar-refractivity contribution in [2.75, 3.05) is 12.9 Å². The average molecular weight is 279 g/mol. The second-order valence-electron chi connectivity index (χ2n) is 4.29. The molecule has 0 radical (unpaired) electrons. The molecule has 2 rings (SSSR count). The fourth-order valence-corrected chi connectivity index (χ4v) is 2.42. The van der Waals surface area contributed by atoms with E-state index < -0.39 is 0 Å². The van der Waals surface area contributed by atoms with Crippen LogP contribution in [0.1, 0.15) is 23.8 Å². The van der Waals surface area contributed by atoms with Crippen LogP contribution in [-0.2, 0) is 0 Å². The fraction of sp³-hybridized carbons (Fsp3) is 0.385. The SMILES string of the molecule is CSc1nc(C(=O)N[C@H](C)CCO)c2ccccn12. The summed E-state index contributed by atoms with van der Waals surface area (Å²) in [6.07, 6.45) is 4.35. The monoisotopic (exact) mass is 279 g/mol. The van der Waals surface area contributed by atoms with E-state index in [4.69, 9.17) is 5.11 Å². The number of hydrogen-bond acceptors (Lipinski definition) is 4. The molecule has 1 amide bonds. The first-order valence-corrected chi connectivity index (χ1v) is 7.32. The van der Waals surface area contributed by atoms with E-state index in [-0.39, 0.29) is 18.6 Å². The highest BCUT2D eigenvalue weighted by Crippen LogP contribution is 2.19. The summed E-state index contributed by atoms with van der Waals surface area (Å²) >= 11 is 1.50. The smallest absolute Gasteiger partial charge is 0.272 e. The number of carbonyl (C=O) groups is 1. The number of imidazole rings is 1. The molecule has 0 spiro atoms. The molecule has 5 nitrogen and oxygen atoms in total. The molecule has 0 bridgehead atoms. The molecule has 0 aliphatic heterocycles. The maximum Gasteiger partial charge on any atom is 0.272 e. The number of nitrogens with one attached hydrogen (secondary N) is 1. The van der Waals surface area contributed by atoms with Crippen molar-refractivity contribution in [3.05, 3.63) is 30.1 Å². The number of pyridine rings is 1. The van der Waals surface area contributed by atoms with Crippen molar-refractivity contribution in [1.29, 1.82) is 0 Å². The molecule has 0 aliphatic carbocycles. The zero-order valence-corrected chi connectivity index (χ0v) is 11.8. The van der Waals surface area contributed by atoms with Crippen LogP contribution < -0.4 is 5.32 Å². The zero-order valence-electron chi connectivity index (χ0n) is 11.0. The molecular formula is C13H17N3O2S. The number of thioether (sulfide) groups is 1. The second kappa shape index (κ2) is 6.08. The number of rotatable bonds is 5. The predicted octanol–water partition coefficient (Wildman–Crippen LogP) is 1.56. The molecule has 2 aromatic rings. The Morgan fingerprint density at radius 1 is 1.58 bits per heavy atom. The third-order valence-corrected chi connectivity index (χ3v) is 3.51. The zero-order chi connectivity index (χ0) is 13.8. The molecule has 0 unspecified atom stereocenters. The molecule has 0 saturated carbocycles. The van der Waals surface area contributed by atoms with E-state index in [1.54, 1.807) is 0 Å². The van der Waals surface area contributed by atoms with Gasteiger partial charge in [-0.1, -0.05) is 17.8 Å². The molecule has 19 heavy (non-hydrogen) atoms. The molecule has 1 atom stereocenters. The number of carbonyl (C=O) groups excluding carboxylic acids is 1. The van der Waals surface area contributed by atoms with Gasteiger partial charge in [0.15, 0.2) is 10.9 Å². The molecule has 2 aromatic heterocycles. The van der Waals surface area contributed by atoms with Crippen LogP contribution in [0.15, 0.2) is 29.6 Å². The van der Waals surface area contributed by atoms with Crippen molar-refractivity contribution < 1.29 is 9.90 Å². The Hall–Kier alpha value is -1.53. The van der Waals surface area contributed by atoms with Crippen LogP contribution in [0.3, 0.4) is 0 Å². The molecule has 2 N–H and O–H groups in total. The van der Waals surface area contributed by atoms with Crippen molar-refractivity contribution >= 4 is 23.2 Å². The highest BCUT2D eigenvalue weighted by molar-refractivity contribution is 7.98. The topological polar surface area (TPSA) is 66.6 Å². The Morgan fingerprint density at radius 2 is 2.37 bits per heavy atom. The lowest BCUT2D eigenvalue weighted by Crippen LogP contribution is -2.33. The minimum atomic E-state index is -0.204. The van der Waals surface area contributed by atoms with Crippen molar-refractivity contribution in [1.82, 2.24) is 14.7 Å². The summed E-state index contributed by atoms with van der Waals surface area (Å²) in [5.74, 6) is -0.204. The lowest BCUT2D eigenvalue weighted by molar-refractivity contribution is 0.0931. The largest absolute Gasteiger partial charge is 0.396 e. The van der Waals surface area contributed by atoms with Crippen molar-refractivity contribution in [3.8, 4) is 0 Å². The number of hydrogen-bond donors (Lipinski definition) is 2. The van der Waals surface area contributed by atoms with E-state index in [1.807, 2.05) is 42.0 Å². The van der Waals surface area contributed by atoms with Crippen LogP contribution in [0.2, 0.25) is 0 Å². The normalized spacial score (nSPS) is 12.6. The number of fused-ring (bicyclic) bond motifs is 1. The second-order valence-corrected chi connectivity index (χ2v) is 5.06. The van der Waals surface area contributed by atoms with E-state index >= 15 is 0 Å². The lowest BCUT2D eigenvalue weighted by Gasteiger charge is -2.11. The molecule has 2 heterocycles. The van der Waals surface area contributed by atoms with Gasteiger partial charge in [-0.3, -0.25) is 9.20 Å². The summed E-state index contributed by atoms with van der Waals surface area (Å²) in [5, 5.41) is 12.5. The van der Waals surface area contributed by atoms with Gasteiger partial charge >= 0.3 is 0 Å².